The summed E-state index contributed by atoms with van der Waals surface area (Å²) in [5.41, 5.74) is 0. The van der Waals surface area contributed by atoms with E-state index in [1.165, 1.54) is 4.31 Å². The molecule has 2 saturated heterocycles. The number of rotatable bonds is 4. The maximum Gasteiger partial charge on any atom is 0.303 e. The lowest BCUT2D eigenvalue weighted by molar-refractivity contribution is -0.139. The minimum Gasteiger partial charge on any atom is -0.481 e. The number of nitrogens with zero attached hydrogens (tertiary/aromatic N) is 1. The van der Waals surface area contributed by atoms with Gasteiger partial charge in [-0.15, -0.1) is 0 Å². The van der Waals surface area contributed by atoms with Crippen LogP contribution in [0.4, 0.5) is 0 Å². The maximum atomic E-state index is 12.1. The van der Waals surface area contributed by atoms with Crippen molar-refractivity contribution in [3.05, 3.63) is 0 Å². The van der Waals surface area contributed by atoms with Gasteiger partial charge in [-0.3, -0.25) is 4.79 Å². The monoisotopic (exact) mass is 263 g/mol. The quantitative estimate of drug-likeness (QED) is 0.766. The first-order chi connectivity index (χ1) is 8.00. The number of hydrogen-bond donors (Lipinski definition) is 1. The fourth-order valence-electron chi connectivity index (χ4n) is 2.29. The summed E-state index contributed by atoms with van der Waals surface area (Å²) in [4.78, 5) is 10.5. The van der Waals surface area contributed by atoms with Gasteiger partial charge in [-0.05, 0) is 18.8 Å². The number of ether oxygens (including phenoxy) is 1. The van der Waals surface area contributed by atoms with Crippen LogP contribution in [0.3, 0.4) is 0 Å². The Bertz CT molecular complexity index is 382. The van der Waals surface area contributed by atoms with E-state index in [0.717, 1.165) is 0 Å². The summed E-state index contributed by atoms with van der Waals surface area (Å²) in [5.74, 6) is -0.889. The molecule has 0 radical (unpaired) electrons. The number of hydrogen-bond acceptors (Lipinski definition) is 4. The van der Waals surface area contributed by atoms with E-state index in [4.69, 9.17) is 9.84 Å². The average Bonchev–Trinajstić information content (AvgIpc) is 2.23. The van der Waals surface area contributed by atoms with Gasteiger partial charge in [-0.1, -0.05) is 0 Å². The summed E-state index contributed by atoms with van der Waals surface area (Å²) in [7, 11) is -3.23. The first-order valence-corrected chi connectivity index (χ1v) is 7.29. The zero-order valence-corrected chi connectivity index (χ0v) is 10.4. The molecule has 0 bridgehead atoms. The van der Waals surface area contributed by atoms with Gasteiger partial charge >= 0.3 is 5.97 Å². The Kier molecular flexibility index (Phi) is 3.70. The molecule has 0 atom stereocenters. The van der Waals surface area contributed by atoms with Gasteiger partial charge in [0, 0.05) is 26.3 Å². The highest BCUT2D eigenvalue weighted by molar-refractivity contribution is 7.89. The van der Waals surface area contributed by atoms with Crippen LogP contribution in [0.2, 0.25) is 0 Å². The Hall–Kier alpha value is -0.660. The SMILES string of the molecule is O=C(O)CC1CN(S(=O)(=O)C2CCOCC2)C1. The van der Waals surface area contributed by atoms with Gasteiger partial charge in [0.1, 0.15) is 0 Å². The van der Waals surface area contributed by atoms with Crippen LogP contribution in [0.1, 0.15) is 19.3 Å². The van der Waals surface area contributed by atoms with Crippen molar-refractivity contribution in [3.8, 4) is 0 Å². The smallest absolute Gasteiger partial charge is 0.303 e. The molecule has 0 amide bonds. The molecule has 0 aromatic heterocycles. The summed E-state index contributed by atoms with van der Waals surface area (Å²) >= 11 is 0. The molecule has 0 aromatic rings. The van der Waals surface area contributed by atoms with Crippen molar-refractivity contribution in [2.45, 2.75) is 24.5 Å². The molecule has 0 aliphatic carbocycles. The van der Waals surface area contributed by atoms with Crippen molar-refractivity contribution in [1.82, 2.24) is 4.31 Å². The fraction of sp³-hybridized carbons (Fsp3) is 0.900. The molecule has 2 fully saturated rings. The Balaban J connectivity index is 1.88. The predicted molar refractivity (Wildman–Crippen MR) is 60.1 cm³/mol. The van der Waals surface area contributed by atoms with Crippen LogP contribution in [0.15, 0.2) is 0 Å². The number of carbonyl (C=O) groups is 1. The number of aliphatic carboxylic acids is 1. The van der Waals surface area contributed by atoms with Crippen LogP contribution in [0.25, 0.3) is 0 Å². The number of carboxylic acids is 1. The zero-order chi connectivity index (χ0) is 12.5. The van der Waals surface area contributed by atoms with E-state index in [2.05, 4.69) is 0 Å². The second kappa shape index (κ2) is 4.91. The summed E-state index contributed by atoms with van der Waals surface area (Å²) < 4.78 is 30.8. The molecule has 17 heavy (non-hydrogen) atoms. The molecule has 2 aliphatic rings. The lowest BCUT2D eigenvalue weighted by atomic mass is 10.00. The number of carboxylic acid groups (broad SMARTS) is 1. The van der Waals surface area contributed by atoms with Crippen molar-refractivity contribution in [3.63, 3.8) is 0 Å². The molecular weight excluding hydrogens is 246 g/mol. The number of sulfonamides is 1. The van der Waals surface area contributed by atoms with E-state index in [1.807, 2.05) is 0 Å². The first-order valence-electron chi connectivity index (χ1n) is 5.78. The standard InChI is InChI=1S/C10H17NO5S/c12-10(13)5-8-6-11(7-8)17(14,15)9-1-3-16-4-2-9/h8-9H,1-7H2,(H,12,13). The molecule has 2 rings (SSSR count). The zero-order valence-electron chi connectivity index (χ0n) is 9.54. The van der Waals surface area contributed by atoms with Crippen LogP contribution in [0, 0.1) is 5.92 Å². The molecule has 6 nitrogen and oxygen atoms in total. The largest absolute Gasteiger partial charge is 0.481 e. The Morgan fingerprint density at radius 2 is 1.88 bits per heavy atom. The second-order valence-electron chi connectivity index (χ2n) is 4.64. The molecule has 0 saturated carbocycles. The maximum absolute atomic E-state index is 12.1. The Morgan fingerprint density at radius 3 is 2.41 bits per heavy atom. The average molecular weight is 263 g/mol. The van der Waals surface area contributed by atoms with Crippen LogP contribution in [-0.2, 0) is 19.6 Å². The van der Waals surface area contributed by atoms with Crippen LogP contribution < -0.4 is 0 Å². The van der Waals surface area contributed by atoms with E-state index in [1.54, 1.807) is 0 Å². The first kappa shape index (κ1) is 12.8. The van der Waals surface area contributed by atoms with Gasteiger partial charge in [-0.2, -0.15) is 0 Å². The molecule has 2 heterocycles. The lowest BCUT2D eigenvalue weighted by Gasteiger charge is -2.40. The van der Waals surface area contributed by atoms with Gasteiger partial charge in [0.15, 0.2) is 0 Å². The summed E-state index contributed by atoms with van der Waals surface area (Å²) in [5, 5.41) is 8.26. The van der Waals surface area contributed by atoms with E-state index < -0.39 is 16.0 Å². The highest BCUT2D eigenvalue weighted by Gasteiger charge is 2.41. The van der Waals surface area contributed by atoms with Gasteiger partial charge < -0.3 is 9.84 Å². The predicted octanol–water partition coefficient (Wildman–Crippen LogP) is -0.0983. The molecule has 7 heteroatoms. The van der Waals surface area contributed by atoms with Gasteiger partial charge in [0.25, 0.3) is 0 Å². The normalized spacial score (nSPS) is 24.5. The third kappa shape index (κ3) is 2.78. The topological polar surface area (TPSA) is 83.9 Å². The van der Waals surface area contributed by atoms with Gasteiger partial charge in [0.2, 0.25) is 10.0 Å². The molecule has 98 valence electrons. The van der Waals surface area contributed by atoms with Gasteiger partial charge in [-0.25, -0.2) is 12.7 Å². The van der Waals surface area contributed by atoms with E-state index in [-0.39, 0.29) is 17.6 Å². The summed E-state index contributed by atoms with van der Waals surface area (Å²) in [6.45, 7) is 1.70. The molecule has 1 N–H and O–H groups in total. The highest BCUT2D eigenvalue weighted by Crippen LogP contribution is 2.28. The van der Waals surface area contributed by atoms with Crippen LogP contribution >= 0.6 is 0 Å². The molecular formula is C10H17NO5S. The van der Waals surface area contributed by atoms with Crippen molar-refractivity contribution in [2.24, 2.45) is 5.92 Å². The highest BCUT2D eigenvalue weighted by atomic mass is 32.2. The van der Waals surface area contributed by atoms with Gasteiger partial charge in [0.05, 0.1) is 11.7 Å². The lowest BCUT2D eigenvalue weighted by Crippen LogP contribution is -2.54. The second-order valence-corrected chi connectivity index (χ2v) is 6.85. The van der Waals surface area contributed by atoms with E-state index in [9.17, 15) is 13.2 Å². The molecule has 0 aromatic carbocycles. The van der Waals surface area contributed by atoms with Crippen molar-refractivity contribution in [2.75, 3.05) is 26.3 Å². The molecule has 0 spiro atoms. The van der Waals surface area contributed by atoms with Crippen LogP contribution in [-0.4, -0.2) is 55.4 Å². The Morgan fingerprint density at radius 1 is 1.29 bits per heavy atom. The van der Waals surface area contributed by atoms with E-state index in [0.29, 0.717) is 39.1 Å². The Labute approximate surface area is 101 Å². The summed E-state index contributed by atoms with van der Waals surface area (Å²) in [6.07, 6.45) is 1.14. The van der Waals surface area contributed by atoms with Crippen molar-refractivity contribution < 1.29 is 23.1 Å². The van der Waals surface area contributed by atoms with E-state index >= 15 is 0 Å². The van der Waals surface area contributed by atoms with Crippen molar-refractivity contribution >= 4 is 16.0 Å². The van der Waals surface area contributed by atoms with Crippen LogP contribution in [0.5, 0.6) is 0 Å². The summed E-state index contributed by atoms with van der Waals surface area (Å²) in [6, 6.07) is 0. The minimum atomic E-state index is -3.23. The third-order valence-electron chi connectivity index (χ3n) is 3.34. The fourth-order valence-corrected chi connectivity index (χ4v) is 4.34. The molecule has 2 aliphatic heterocycles. The minimum absolute atomic E-state index is 0.0258. The third-order valence-corrected chi connectivity index (χ3v) is 5.67. The van der Waals surface area contributed by atoms with Crippen molar-refractivity contribution in [1.29, 1.82) is 0 Å². The molecule has 0 unspecified atom stereocenters.